The van der Waals surface area contributed by atoms with Gasteiger partial charge in [0.1, 0.15) is 18.2 Å². The lowest BCUT2D eigenvalue weighted by Crippen LogP contribution is -2.42. The van der Waals surface area contributed by atoms with Crippen LogP contribution in [-0.2, 0) is 11.3 Å². The van der Waals surface area contributed by atoms with E-state index in [1.54, 1.807) is 19.2 Å². The highest BCUT2D eigenvalue weighted by molar-refractivity contribution is 7.06. The van der Waals surface area contributed by atoms with Gasteiger partial charge in [-0.15, -0.1) is 0 Å². The van der Waals surface area contributed by atoms with Gasteiger partial charge in [0.2, 0.25) is 0 Å². The quantitative estimate of drug-likeness (QED) is 0.680. The third-order valence-corrected chi connectivity index (χ3v) is 6.80. The number of carbonyl (C=O) groups is 1. The number of amidine groups is 1. The van der Waals surface area contributed by atoms with Gasteiger partial charge < -0.3 is 14.4 Å². The number of aliphatic imine (C=N–C) groups is 1. The van der Waals surface area contributed by atoms with Crippen LogP contribution in [0.15, 0.2) is 53.2 Å². The lowest BCUT2D eigenvalue weighted by atomic mass is 10.00. The zero-order valence-electron chi connectivity index (χ0n) is 17.6. The first-order chi connectivity index (χ1) is 15.6. The number of piperidine rings is 1. The Morgan fingerprint density at radius 3 is 3.12 bits per heavy atom. The van der Waals surface area contributed by atoms with Crippen molar-refractivity contribution in [2.24, 2.45) is 4.99 Å². The molecule has 9 heteroatoms. The van der Waals surface area contributed by atoms with Crippen molar-refractivity contribution >= 4 is 35.1 Å². The number of hydrogen-bond donors (Lipinski definition) is 1. The zero-order valence-corrected chi connectivity index (χ0v) is 19.2. The summed E-state index contributed by atoms with van der Waals surface area (Å²) in [5.74, 6) is 1.84. The number of aromatic nitrogens is 1. The summed E-state index contributed by atoms with van der Waals surface area (Å²) in [6.45, 7) is 1.19. The molecule has 1 aliphatic carbocycles. The molecule has 1 N–H and O–H groups in total. The molecule has 3 heterocycles. The molecule has 32 heavy (non-hydrogen) atoms. The minimum absolute atomic E-state index is 0.0572. The Morgan fingerprint density at radius 2 is 2.25 bits per heavy atom. The van der Waals surface area contributed by atoms with Gasteiger partial charge in [-0.05, 0) is 60.8 Å². The average Bonchev–Trinajstić information content (AvgIpc) is 3.41. The molecule has 1 saturated heterocycles. The van der Waals surface area contributed by atoms with Crippen LogP contribution < -0.4 is 10.1 Å². The van der Waals surface area contributed by atoms with E-state index in [1.165, 1.54) is 30.2 Å². The van der Waals surface area contributed by atoms with E-state index in [4.69, 9.17) is 26.1 Å². The highest BCUT2D eigenvalue weighted by atomic mass is 35.5. The highest BCUT2D eigenvalue weighted by Crippen LogP contribution is 2.33. The van der Waals surface area contributed by atoms with Crippen LogP contribution in [0.5, 0.6) is 5.75 Å². The van der Waals surface area contributed by atoms with E-state index in [-0.39, 0.29) is 18.7 Å². The maximum atomic E-state index is 12.3. The SMILES string of the molecule is COc1cc(Cl)ccc1-c1cc(COC(=O)NC2=CC3N=C4CCCCN4C3C=C2)sn1. The number of nitrogens with zero attached hydrogens (tertiary/aromatic N) is 3. The minimum Gasteiger partial charge on any atom is -0.496 e. The Labute approximate surface area is 195 Å². The van der Waals surface area contributed by atoms with Gasteiger partial charge in [-0.1, -0.05) is 17.7 Å². The third-order valence-electron chi connectivity index (χ3n) is 5.80. The summed E-state index contributed by atoms with van der Waals surface area (Å²) in [6.07, 6.45) is 9.02. The van der Waals surface area contributed by atoms with Gasteiger partial charge in [0.25, 0.3) is 0 Å². The Balaban J connectivity index is 1.18. The number of amides is 1. The summed E-state index contributed by atoms with van der Waals surface area (Å²) in [5, 5.41) is 3.42. The molecule has 2 unspecified atom stereocenters. The predicted octanol–water partition coefficient (Wildman–Crippen LogP) is 4.79. The Morgan fingerprint density at radius 1 is 1.34 bits per heavy atom. The van der Waals surface area contributed by atoms with Crippen LogP contribution in [0.4, 0.5) is 4.79 Å². The number of methoxy groups -OCH3 is 1. The van der Waals surface area contributed by atoms with Gasteiger partial charge in [-0.3, -0.25) is 10.3 Å². The number of halogens is 1. The molecule has 3 aliphatic rings. The van der Waals surface area contributed by atoms with E-state index in [1.807, 2.05) is 24.3 Å². The summed E-state index contributed by atoms with van der Waals surface area (Å²) >= 11 is 7.32. The lowest BCUT2D eigenvalue weighted by Gasteiger charge is -2.32. The van der Waals surface area contributed by atoms with Crippen molar-refractivity contribution in [3.8, 4) is 17.0 Å². The molecule has 2 atom stereocenters. The standard InChI is InChI=1S/C23H23ClN4O3S/c1-30-21-10-14(24)5-7-17(21)18-12-16(32-27-18)13-31-23(29)25-15-6-8-20-19(11-15)26-22-4-2-3-9-28(20)22/h5-8,10-12,19-20H,2-4,9,13H2,1H3,(H,25,29). The Kier molecular flexibility index (Phi) is 5.89. The van der Waals surface area contributed by atoms with Crippen LogP contribution in [0.3, 0.4) is 0 Å². The average molecular weight is 471 g/mol. The molecule has 5 rings (SSSR count). The van der Waals surface area contributed by atoms with Crippen molar-refractivity contribution < 1.29 is 14.3 Å². The van der Waals surface area contributed by atoms with Crippen molar-refractivity contribution in [2.45, 2.75) is 38.0 Å². The second kappa shape index (κ2) is 8.96. The normalized spacial score (nSPS) is 21.4. The van der Waals surface area contributed by atoms with Crippen LogP contribution in [-0.4, -0.2) is 46.9 Å². The third kappa shape index (κ3) is 4.25. The fourth-order valence-corrected chi connectivity index (χ4v) is 5.09. The summed E-state index contributed by atoms with van der Waals surface area (Å²) in [7, 11) is 1.59. The maximum Gasteiger partial charge on any atom is 0.411 e. The number of alkyl carbamates (subject to hydrolysis) is 1. The fourth-order valence-electron chi connectivity index (χ4n) is 4.28. The van der Waals surface area contributed by atoms with Gasteiger partial charge in [-0.2, -0.15) is 4.37 Å². The number of ether oxygens (including phenoxy) is 2. The van der Waals surface area contributed by atoms with E-state index in [0.29, 0.717) is 10.8 Å². The van der Waals surface area contributed by atoms with Crippen LogP contribution in [0, 0.1) is 0 Å². The highest BCUT2D eigenvalue weighted by Gasteiger charge is 2.36. The molecular formula is C23H23ClN4O3S. The van der Waals surface area contributed by atoms with Gasteiger partial charge in [0.05, 0.1) is 29.8 Å². The predicted molar refractivity (Wildman–Crippen MR) is 125 cm³/mol. The Hall–Kier alpha value is -2.84. The van der Waals surface area contributed by atoms with Crippen molar-refractivity contribution in [2.75, 3.05) is 13.7 Å². The number of carbonyl (C=O) groups excluding carboxylic acids is 1. The van der Waals surface area contributed by atoms with Crippen molar-refractivity contribution in [3.63, 3.8) is 0 Å². The molecule has 7 nitrogen and oxygen atoms in total. The molecule has 1 fully saturated rings. The van der Waals surface area contributed by atoms with Crippen molar-refractivity contribution in [1.29, 1.82) is 0 Å². The smallest absolute Gasteiger partial charge is 0.411 e. The number of rotatable bonds is 5. The molecule has 1 aromatic heterocycles. The molecule has 0 radical (unpaired) electrons. The van der Waals surface area contributed by atoms with Gasteiger partial charge >= 0.3 is 6.09 Å². The number of hydrogen-bond acceptors (Lipinski definition) is 7. The number of benzene rings is 1. The summed E-state index contributed by atoms with van der Waals surface area (Å²) in [6, 6.07) is 7.62. The van der Waals surface area contributed by atoms with Crippen LogP contribution >= 0.6 is 23.1 Å². The molecule has 0 spiro atoms. The summed E-state index contributed by atoms with van der Waals surface area (Å²) in [5.41, 5.74) is 2.31. The number of allylic oxidation sites excluding steroid dienone is 1. The largest absolute Gasteiger partial charge is 0.496 e. The van der Waals surface area contributed by atoms with Crippen LogP contribution in [0.2, 0.25) is 5.02 Å². The first-order valence-electron chi connectivity index (χ1n) is 10.6. The molecule has 1 amide bonds. The first-order valence-corrected chi connectivity index (χ1v) is 11.7. The van der Waals surface area contributed by atoms with Gasteiger partial charge in [0.15, 0.2) is 0 Å². The summed E-state index contributed by atoms with van der Waals surface area (Å²) in [4.78, 5) is 20.4. The monoisotopic (exact) mass is 470 g/mol. The second-order valence-electron chi connectivity index (χ2n) is 7.88. The molecule has 1 aromatic carbocycles. The molecule has 166 valence electrons. The van der Waals surface area contributed by atoms with Crippen LogP contribution in [0.1, 0.15) is 24.1 Å². The van der Waals surface area contributed by atoms with Crippen LogP contribution in [0.25, 0.3) is 11.3 Å². The fraction of sp³-hybridized carbons (Fsp3) is 0.348. The number of fused-ring (bicyclic) bond motifs is 3. The van der Waals surface area contributed by atoms with Crippen molar-refractivity contribution in [3.05, 3.63) is 58.1 Å². The Bertz CT molecular complexity index is 1130. The molecule has 2 aromatic rings. The maximum absolute atomic E-state index is 12.3. The minimum atomic E-state index is -0.498. The molecular weight excluding hydrogens is 448 g/mol. The van der Waals surface area contributed by atoms with E-state index < -0.39 is 6.09 Å². The molecule has 2 aliphatic heterocycles. The van der Waals surface area contributed by atoms with Gasteiger partial charge in [-0.25, -0.2) is 4.79 Å². The second-order valence-corrected chi connectivity index (χ2v) is 9.21. The molecule has 0 saturated carbocycles. The lowest BCUT2D eigenvalue weighted by molar-refractivity contribution is 0.144. The van der Waals surface area contributed by atoms with Crippen molar-refractivity contribution in [1.82, 2.24) is 14.6 Å². The topological polar surface area (TPSA) is 76.1 Å². The zero-order chi connectivity index (χ0) is 22.1. The van der Waals surface area contributed by atoms with E-state index in [2.05, 4.69) is 20.7 Å². The van der Waals surface area contributed by atoms with E-state index in [9.17, 15) is 4.79 Å². The molecule has 0 bridgehead atoms. The number of nitrogens with one attached hydrogen (secondary N) is 1. The van der Waals surface area contributed by atoms with E-state index >= 15 is 0 Å². The first kappa shape index (κ1) is 21.0. The summed E-state index contributed by atoms with van der Waals surface area (Å²) < 4.78 is 15.3. The van der Waals surface area contributed by atoms with Gasteiger partial charge in [0, 0.05) is 29.2 Å². The van der Waals surface area contributed by atoms with E-state index in [0.717, 1.165) is 34.8 Å².